The fraction of sp³-hybridized carbons (Fsp3) is 0.176. The Morgan fingerprint density at radius 1 is 1.08 bits per heavy atom. The van der Waals surface area contributed by atoms with E-state index in [9.17, 15) is 0 Å². The molecule has 3 heterocycles. The Labute approximate surface area is 152 Å². The number of aryl methyl sites for hydroxylation is 2. The maximum Gasteiger partial charge on any atom is 0.277 e. The molecule has 0 spiro atoms. The highest BCUT2D eigenvalue weighted by Gasteiger charge is 2.13. The average molecular weight is 370 g/mol. The van der Waals surface area contributed by atoms with Gasteiger partial charge in [-0.1, -0.05) is 23.0 Å². The van der Waals surface area contributed by atoms with E-state index in [0.717, 1.165) is 11.1 Å². The second-order valence-electron chi connectivity index (χ2n) is 5.48. The summed E-state index contributed by atoms with van der Waals surface area (Å²) in [6.45, 7) is 4.13. The molecule has 0 fully saturated rings. The molecule has 0 aliphatic heterocycles. The van der Waals surface area contributed by atoms with Crippen LogP contribution in [0.25, 0.3) is 22.8 Å². The van der Waals surface area contributed by atoms with Crippen molar-refractivity contribution in [3.8, 4) is 22.8 Å². The number of nitrogens with zero attached hydrogens (tertiary/aromatic N) is 4. The number of aromatic nitrogens is 4. The molecule has 25 heavy (non-hydrogen) atoms. The van der Waals surface area contributed by atoms with Crippen LogP contribution >= 0.6 is 23.1 Å². The van der Waals surface area contributed by atoms with Crippen molar-refractivity contribution in [3.05, 3.63) is 52.0 Å². The third-order valence-electron chi connectivity index (χ3n) is 3.73. The first-order valence-electron chi connectivity index (χ1n) is 7.58. The molecule has 3 aromatic heterocycles. The van der Waals surface area contributed by atoms with E-state index < -0.39 is 0 Å². The summed E-state index contributed by atoms with van der Waals surface area (Å²) in [5, 5.41) is 16.6. The number of hydrogen-bond donors (Lipinski definition) is 0. The summed E-state index contributed by atoms with van der Waals surface area (Å²) in [7, 11) is 0. The number of thiophene rings is 1. The minimum absolute atomic E-state index is 0.475. The standard InChI is InChI=1S/C17H14N4O2S2/c1-10-3-4-12(7-11(10)2)16-19-20-17(22-16)25-9-14-18-15(21-23-14)13-5-6-24-8-13/h3-8H,9H2,1-2H3. The van der Waals surface area contributed by atoms with E-state index >= 15 is 0 Å². The molecule has 4 rings (SSSR count). The first-order chi connectivity index (χ1) is 12.2. The third-order valence-corrected chi connectivity index (χ3v) is 5.21. The molecule has 1 aromatic carbocycles. The Balaban J connectivity index is 1.44. The second kappa shape index (κ2) is 6.81. The molecule has 126 valence electrons. The van der Waals surface area contributed by atoms with Gasteiger partial charge < -0.3 is 8.94 Å². The summed E-state index contributed by atoms with van der Waals surface area (Å²) in [4.78, 5) is 4.37. The van der Waals surface area contributed by atoms with Crippen molar-refractivity contribution in [3.63, 3.8) is 0 Å². The van der Waals surface area contributed by atoms with Crippen LogP contribution in [0.15, 0.2) is 49.2 Å². The smallest absolute Gasteiger partial charge is 0.277 e. The Kier molecular flexibility index (Phi) is 4.37. The van der Waals surface area contributed by atoms with Crippen LogP contribution in [0.1, 0.15) is 17.0 Å². The molecule has 8 heteroatoms. The lowest BCUT2D eigenvalue weighted by Crippen LogP contribution is -1.83. The normalized spacial score (nSPS) is 11.1. The highest BCUT2D eigenvalue weighted by Crippen LogP contribution is 2.27. The van der Waals surface area contributed by atoms with Gasteiger partial charge in [0.05, 0.1) is 5.75 Å². The predicted octanol–water partition coefficient (Wildman–Crippen LogP) is 4.76. The number of rotatable bonds is 5. The highest BCUT2D eigenvalue weighted by molar-refractivity contribution is 7.98. The second-order valence-corrected chi connectivity index (χ2v) is 7.19. The van der Waals surface area contributed by atoms with Crippen LogP contribution in [0.4, 0.5) is 0 Å². The van der Waals surface area contributed by atoms with E-state index in [-0.39, 0.29) is 0 Å². The van der Waals surface area contributed by atoms with E-state index in [0.29, 0.717) is 28.6 Å². The van der Waals surface area contributed by atoms with Crippen LogP contribution in [-0.2, 0) is 5.75 Å². The molecule has 0 saturated carbocycles. The molecule has 0 aliphatic carbocycles. The zero-order valence-corrected chi connectivity index (χ0v) is 15.2. The summed E-state index contributed by atoms with van der Waals surface area (Å²) < 4.78 is 11.0. The van der Waals surface area contributed by atoms with Gasteiger partial charge in [-0.15, -0.1) is 10.2 Å². The lowest BCUT2D eigenvalue weighted by molar-refractivity contribution is 0.391. The Bertz CT molecular complexity index is 992. The zero-order chi connectivity index (χ0) is 17.2. The van der Waals surface area contributed by atoms with Crippen LogP contribution in [0.2, 0.25) is 0 Å². The fourth-order valence-electron chi connectivity index (χ4n) is 2.21. The minimum atomic E-state index is 0.475. The molecule has 0 saturated heterocycles. The first kappa shape index (κ1) is 16.0. The van der Waals surface area contributed by atoms with Gasteiger partial charge in [0.2, 0.25) is 17.6 Å². The average Bonchev–Trinajstić information content (AvgIpc) is 3.36. The van der Waals surface area contributed by atoms with Gasteiger partial charge in [-0.2, -0.15) is 16.3 Å². The van der Waals surface area contributed by atoms with Gasteiger partial charge in [0, 0.05) is 16.5 Å². The van der Waals surface area contributed by atoms with Crippen molar-refractivity contribution < 1.29 is 8.94 Å². The fourth-order valence-corrected chi connectivity index (χ4v) is 3.44. The summed E-state index contributed by atoms with van der Waals surface area (Å²) in [6, 6.07) is 8.03. The van der Waals surface area contributed by atoms with E-state index in [4.69, 9.17) is 8.94 Å². The lowest BCUT2D eigenvalue weighted by atomic mass is 10.1. The Morgan fingerprint density at radius 2 is 2.00 bits per heavy atom. The molecule has 0 N–H and O–H groups in total. The van der Waals surface area contributed by atoms with Gasteiger partial charge in [-0.05, 0) is 48.6 Å². The van der Waals surface area contributed by atoms with Crippen molar-refractivity contribution in [2.75, 3.05) is 0 Å². The minimum Gasteiger partial charge on any atom is -0.411 e. The SMILES string of the molecule is Cc1ccc(-c2nnc(SCc3nc(-c4ccsc4)no3)o2)cc1C. The van der Waals surface area contributed by atoms with Crippen LogP contribution in [0.5, 0.6) is 0 Å². The van der Waals surface area contributed by atoms with Gasteiger partial charge in [-0.25, -0.2) is 0 Å². The molecule has 0 radical (unpaired) electrons. The molecule has 4 aromatic rings. The summed E-state index contributed by atoms with van der Waals surface area (Å²) in [5.41, 5.74) is 4.30. The van der Waals surface area contributed by atoms with Crippen LogP contribution in [-0.4, -0.2) is 20.3 Å². The zero-order valence-electron chi connectivity index (χ0n) is 13.6. The van der Waals surface area contributed by atoms with Gasteiger partial charge in [-0.3, -0.25) is 0 Å². The van der Waals surface area contributed by atoms with Gasteiger partial charge in [0.15, 0.2) is 0 Å². The van der Waals surface area contributed by atoms with Crippen molar-refractivity contribution in [1.29, 1.82) is 0 Å². The summed E-state index contributed by atoms with van der Waals surface area (Å²) in [5.74, 6) is 2.11. The van der Waals surface area contributed by atoms with Crippen LogP contribution in [0.3, 0.4) is 0 Å². The summed E-state index contributed by atoms with van der Waals surface area (Å²) in [6.07, 6.45) is 0. The van der Waals surface area contributed by atoms with Gasteiger partial charge >= 0.3 is 0 Å². The van der Waals surface area contributed by atoms with Crippen molar-refractivity contribution in [2.45, 2.75) is 24.8 Å². The quantitative estimate of drug-likeness (QED) is 0.469. The van der Waals surface area contributed by atoms with E-state index in [1.54, 1.807) is 11.3 Å². The Morgan fingerprint density at radius 3 is 2.80 bits per heavy atom. The van der Waals surface area contributed by atoms with Gasteiger partial charge in [0.1, 0.15) is 0 Å². The number of hydrogen-bond acceptors (Lipinski definition) is 8. The van der Waals surface area contributed by atoms with Crippen molar-refractivity contribution in [1.82, 2.24) is 20.3 Å². The molecule has 0 atom stereocenters. The predicted molar refractivity (Wildman–Crippen MR) is 96.4 cm³/mol. The molecule has 0 unspecified atom stereocenters. The lowest BCUT2D eigenvalue weighted by Gasteiger charge is -2.00. The molecule has 0 bridgehead atoms. The monoisotopic (exact) mass is 370 g/mol. The highest BCUT2D eigenvalue weighted by atomic mass is 32.2. The molecule has 0 aliphatic rings. The first-order valence-corrected chi connectivity index (χ1v) is 9.51. The van der Waals surface area contributed by atoms with Gasteiger partial charge in [0.25, 0.3) is 5.22 Å². The largest absolute Gasteiger partial charge is 0.411 e. The molecular weight excluding hydrogens is 356 g/mol. The topological polar surface area (TPSA) is 77.8 Å². The van der Waals surface area contributed by atoms with E-state index in [2.05, 4.69) is 34.2 Å². The van der Waals surface area contributed by atoms with Crippen LogP contribution < -0.4 is 0 Å². The van der Waals surface area contributed by atoms with Crippen molar-refractivity contribution >= 4 is 23.1 Å². The third kappa shape index (κ3) is 3.49. The van der Waals surface area contributed by atoms with Crippen LogP contribution in [0, 0.1) is 13.8 Å². The molecule has 0 amide bonds. The number of benzene rings is 1. The Hall–Kier alpha value is -2.45. The van der Waals surface area contributed by atoms with Crippen molar-refractivity contribution in [2.24, 2.45) is 0 Å². The van der Waals surface area contributed by atoms with E-state index in [1.807, 2.05) is 35.0 Å². The molecular formula is C17H14N4O2S2. The maximum absolute atomic E-state index is 5.72. The van der Waals surface area contributed by atoms with E-state index in [1.165, 1.54) is 22.9 Å². The number of thioether (sulfide) groups is 1. The summed E-state index contributed by atoms with van der Waals surface area (Å²) >= 11 is 2.97. The molecule has 6 nitrogen and oxygen atoms in total. The maximum atomic E-state index is 5.72.